The third kappa shape index (κ3) is 3.88. The lowest BCUT2D eigenvalue weighted by atomic mass is 10.0. The van der Waals surface area contributed by atoms with Crippen LogP contribution in [0.4, 0.5) is 22.0 Å². The summed E-state index contributed by atoms with van der Waals surface area (Å²) in [6.45, 7) is 1.67. The van der Waals surface area contributed by atoms with Crippen molar-refractivity contribution in [1.82, 2.24) is 0 Å². The molecular weight excluding hydrogens is 179 g/mol. The zero-order valence-electron chi connectivity index (χ0n) is 6.67. The van der Waals surface area contributed by atoms with E-state index in [0.29, 0.717) is 6.42 Å². The Hall–Kier alpha value is -0.350. The van der Waals surface area contributed by atoms with Gasteiger partial charge in [-0.05, 0) is 6.42 Å². The topological polar surface area (TPSA) is 0 Å². The Morgan fingerprint density at radius 3 is 1.92 bits per heavy atom. The van der Waals surface area contributed by atoms with Crippen molar-refractivity contribution >= 4 is 0 Å². The van der Waals surface area contributed by atoms with Crippen molar-refractivity contribution < 1.29 is 22.0 Å². The first-order valence-corrected chi connectivity index (χ1v) is 3.74. The summed E-state index contributed by atoms with van der Waals surface area (Å²) >= 11 is 0. The second kappa shape index (κ2) is 4.62. The molecular formula is C7H11F5. The number of rotatable bonds is 4. The molecule has 0 saturated heterocycles. The van der Waals surface area contributed by atoms with E-state index in [1.165, 1.54) is 0 Å². The van der Waals surface area contributed by atoms with Crippen LogP contribution < -0.4 is 0 Å². The lowest BCUT2D eigenvalue weighted by Gasteiger charge is -2.18. The summed E-state index contributed by atoms with van der Waals surface area (Å²) in [5.41, 5.74) is 0. The SMILES string of the molecule is CCCCC(C(F)F)C(F)(F)F. The number of hydrogen-bond acceptors (Lipinski definition) is 0. The first kappa shape index (κ1) is 11.6. The molecule has 0 fully saturated rings. The molecule has 74 valence electrons. The normalized spacial score (nSPS) is 15.2. The van der Waals surface area contributed by atoms with Gasteiger partial charge in [0, 0.05) is 0 Å². The summed E-state index contributed by atoms with van der Waals surface area (Å²) in [4.78, 5) is 0. The molecule has 0 rings (SSSR count). The molecule has 0 amide bonds. The van der Waals surface area contributed by atoms with Gasteiger partial charge in [-0.2, -0.15) is 13.2 Å². The third-order valence-electron chi connectivity index (χ3n) is 1.59. The van der Waals surface area contributed by atoms with E-state index < -0.39 is 24.9 Å². The fourth-order valence-electron chi connectivity index (χ4n) is 0.857. The average molecular weight is 190 g/mol. The van der Waals surface area contributed by atoms with Gasteiger partial charge in [0.2, 0.25) is 6.43 Å². The monoisotopic (exact) mass is 190 g/mol. The van der Waals surface area contributed by atoms with Gasteiger partial charge in [0.1, 0.15) is 5.92 Å². The molecule has 0 aromatic heterocycles. The zero-order chi connectivity index (χ0) is 9.78. The van der Waals surface area contributed by atoms with Crippen molar-refractivity contribution in [1.29, 1.82) is 0 Å². The van der Waals surface area contributed by atoms with Gasteiger partial charge < -0.3 is 0 Å². The predicted molar refractivity (Wildman–Crippen MR) is 35.1 cm³/mol. The first-order valence-electron chi connectivity index (χ1n) is 3.74. The van der Waals surface area contributed by atoms with Crippen molar-refractivity contribution in [2.24, 2.45) is 5.92 Å². The van der Waals surface area contributed by atoms with Crippen LogP contribution in [0.25, 0.3) is 0 Å². The quantitative estimate of drug-likeness (QED) is 0.594. The highest BCUT2D eigenvalue weighted by Crippen LogP contribution is 2.34. The van der Waals surface area contributed by atoms with Gasteiger partial charge >= 0.3 is 6.18 Å². The second-order valence-corrected chi connectivity index (χ2v) is 2.62. The summed E-state index contributed by atoms with van der Waals surface area (Å²) in [6, 6.07) is 0. The van der Waals surface area contributed by atoms with E-state index in [0.717, 1.165) is 0 Å². The maximum Gasteiger partial charge on any atom is 0.397 e. The minimum Gasteiger partial charge on any atom is -0.210 e. The lowest BCUT2D eigenvalue weighted by Crippen LogP contribution is -2.29. The molecule has 1 atom stereocenters. The summed E-state index contributed by atoms with van der Waals surface area (Å²) in [6.07, 6.45) is -7.84. The van der Waals surface area contributed by atoms with Crippen LogP contribution in [0.2, 0.25) is 0 Å². The molecule has 1 unspecified atom stereocenters. The van der Waals surface area contributed by atoms with Gasteiger partial charge in [-0.1, -0.05) is 19.8 Å². The molecule has 0 radical (unpaired) electrons. The summed E-state index contributed by atoms with van der Waals surface area (Å²) in [5.74, 6) is -2.45. The zero-order valence-corrected chi connectivity index (χ0v) is 6.67. The molecule has 12 heavy (non-hydrogen) atoms. The Morgan fingerprint density at radius 1 is 1.17 bits per heavy atom. The van der Waals surface area contributed by atoms with Gasteiger partial charge in [-0.25, -0.2) is 8.78 Å². The molecule has 0 aromatic carbocycles. The highest BCUT2D eigenvalue weighted by Gasteiger charge is 2.44. The smallest absolute Gasteiger partial charge is 0.210 e. The molecule has 0 aromatic rings. The Morgan fingerprint density at radius 2 is 1.67 bits per heavy atom. The molecule has 0 spiro atoms. The standard InChI is InChI=1S/C7H11F5/c1-2-3-4-5(6(8)9)7(10,11)12/h5-6H,2-4H2,1H3. The van der Waals surface area contributed by atoms with Crippen LogP contribution >= 0.6 is 0 Å². The van der Waals surface area contributed by atoms with Crippen molar-refractivity contribution in [3.8, 4) is 0 Å². The molecule has 0 aliphatic heterocycles. The van der Waals surface area contributed by atoms with Gasteiger partial charge in [0.15, 0.2) is 0 Å². The maximum atomic E-state index is 11.8. The highest BCUT2D eigenvalue weighted by molar-refractivity contribution is 4.69. The van der Waals surface area contributed by atoms with Crippen molar-refractivity contribution in [3.63, 3.8) is 0 Å². The van der Waals surface area contributed by atoms with Crippen LogP contribution in [0.3, 0.4) is 0 Å². The second-order valence-electron chi connectivity index (χ2n) is 2.62. The van der Waals surface area contributed by atoms with Gasteiger partial charge in [-0.3, -0.25) is 0 Å². The fourth-order valence-corrected chi connectivity index (χ4v) is 0.857. The Labute approximate surface area is 67.8 Å². The highest BCUT2D eigenvalue weighted by atomic mass is 19.4. The van der Waals surface area contributed by atoms with Crippen LogP contribution in [0.15, 0.2) is 0 Å². The molecule has 0 heterocycles. The van der Waals surface area contributed by atoms with Crippen LogP contribution in [0.5, 0.6) is 0 Å². The van der Waals surface area contributed by atoms with Gasteiger partial charge in [0.05, 0.1) is 0 Å². The minimum atomic E-state index is -4.76. The van der Waals surface area contributed by atoms with E-state index in [4.69, 9.17) is 0 Å². The van der Waals surface area contributed by atoms with Crippen LogP contribution in [0.1, 0.15) is 26.2 Å². The molecule has 5 heteroatoms. The van der Waals surface area contributed by atoms with E-state index in [2.05, 4.69) is 0 Å². The van der Waals surface area contributed by atoms with Gasteiger partial charge in [0.25, 0.3) is 0 Å². The molecule has 0 saturated carbocycles. The van der Waals surface area contributed by atoms with Crippen molar-refractivity contribution in [2.45, 2.75) is 38.8 Å². The first-order chi connectivity index (χ1) is 5.39. The van der Waals surface area contributed by atoms with Crippen LogP contribution in [0, 0.1) is 5.92 Å². The van der Waals surface area contributed by atoms with Gasteiger partial charge in [-0.15, -0.1) is 0 Å². The Bertz CT molecular complexity index is 117. The molecule has 0 aliphatic carbocycles. The van der Waals surface area contributed by atoms with E-state index in [1.54, 1.807) is 6.92 Å². The number of halogens is 5. The number of alkyl halides is 5. The van der Waals surface area contributed by atoms with E-state index in [1.807, 2.05) is 0 Å². The van der Waals surface area contributed by atoms with Crippen molar-refractivity contribution in [2.75, 3.05) is 0 Å². The van der Waals surface area contributed by atoms with E-state index in [-0.39, 0.29) is 6.42 Å². The maximum absolute atomic E-state index is 11.8. The fraction of sp³-hybridized carbons (Fsp3) is 1.00. The summed E-state index contributed by atoms with van der Waals surface area (Å²) in [7, 11) is 0. The molecule has 0 bridgehead atoms. The molecule has 0 nitrogen and oxygen atoms in total. The largest absolute Gasteiger partial charge is 0.397 e. The Balaban J connectivity index is 4.05. The molecule has 0 N–H and O–H groups in total. The third-order valence-corrected chi connectivity index (χ3v) is 1.59. The van der Waals surface area contributed by atoms with E-state index >= 15 is 0 Å². The summed E-state index contributed by atoms with van der Waals surface area (Å²) < 4.78 is 59.0. The average Bonchev–Trinajstić information content (AvgIpc) is 1.84. The number of unbranched alkanes of at least 4 members (excludes halogenated alkanes) is 1. The van der Waals surface area contributed by atoms with Crippen molar-refractivity contribution in [3.05, 3.63) is 0 Å². The molecule has 0 aliphatic rings. The minimum absolute atomic E-state index is 0.189. The van der Waals surface area contributed by atoms with E-state index in [9.17, 15) is 22.0 Å². The number of hydrogen-bond donors (Lipinski definition) is 0. The van der Waals surface area contributed by atoms with Crippen LogP contribution in [-0.4, -0.2) is 12.6 Å². The predicted octanol–water partition coefficient (Wildman–Crippen LogP) is 3.62. The Kier molecular flexibility index (Phi) is 4.49. The van der Waals surface area contributed by atoms with Crippen LogP contribution in [-0.2, 0) is 0 Å². The summed E-state index contributed by atoms with van der Waals surface area (Å²) in [5, 5.41) is 0. The lowest BCUT2D eigenvalue weighted by molar-refractivity contribution is -0.208.